The Hall–Kier alpha value is -2.87. The van der Waals surface area contributed by atoms with E-state index in [1.165, 1.54) is 13.3 Å². The minimum absolute atomic E-state index is 0.00456. The lowest BCUT2D eigenvalue weighted by molar-refractivity contribution is -0.139. The zero-order valence-corrected chi connectivity index (χ0v) is 12.6. The van der Waals surface area contributed by atoms with Gasteiger partial charge in [-0.2, -0.15) is 0 Å². The Kier molecular flexibility index (Phi) is 4.97. The number of aliphatic hydroxyl groups is 1. The van der Waals surface area contributed by atoms with Crippen molar-refractivity contribution in [3.63, 3.8) is 0 Å². The van der Waals surface area contributed by atoms with Gasteiger partial charge in [0, 0.05) is 18.3 Å². The molecule has 8 heteroatoms. The molecule has 122 valence electrons. The van der Waals surface area contributed by atoms with Gasteiger partial charge in [0.15, 0.2) is 0 Å². The zero-order chi connectivity index (χ0) is 17.0. The van der Waals surface area contributed by atoms with Gasteiger partial charge in [-0.05, 0) is 11.6 Å². The number of nitrogens with one attached hydrogen (secondary N) is 2. The number of amidine groups is 1. The van der Waals surface area contributed by atoms with Gasteiger partial charge in [-0.15, -0.1) is 0 Å². The van der Waals surface area contributed by atoms with E-state index >= 15 is 0 Å². The van der Waals surface area contributed by atoms with Gasteiger partial charge in [-0.3, -0.25) is 10.2 Å². The van der Waals surface area contributed by atoms with Crippen molar-refractivity contribution in [3.05, 3.63) is 47.3 Å². The van der Waals surface area contributed by atoms with E-state index in [-0.39, 0.29) is 18.1 Å². The van der Waals surface area contributed by atoms with Gasteiger partial charge in [-0.25, -0.2) is 4.79 Å². The first-order chi connectivity index (χ1) is 11.0. The van der Waals surface area contributed by atoms with Crippen molar-refractivity contribution in [1.29, 1.82) is 5.41 Å². The van der Waals surface area contributed by atoms with Gasteiger partial charge in [0.25, 0.3) is 0 Å². The van der Waals surface area contributed by atoms with Crippen LogP contribution >= 0.6 is 0 Å². The van der Waals surface area contributed by atoms with Crippen LogP contribution in [0.3, 0.4) is 0 Å². The van der Waals surface area contributed by atoms with E-state index in [0.29, 0.717) is 5.56 Å². The zero-order valence-electron chi connectivity index (χ0n) is 12.6. The number of amides is 1. The van der Waals surface area contributed by atoms with Crippen LogP contribution < -0.4 is 11.1 Å². The second-order valence-corrected chi connectivity index (χ2v) is 5.01. The first kappa shape index (κ1) is 16.5. The predicted molar refractivity (Wildman–Crippen MR) is 82.1 cm³/mol. The minimum atomic E-state index is -0.815. The summed E-state index contributed by atoms with van der Waals surface area (Å²) in [5.41, 5.74) is 6.81. The molecule has 1 amide bonds. The summed E-state index contributed by atoms with van der Waals surface area (Å²) < 4.78 is 4.60. The van der Waals surface area contributed by atoms with Crippen LogP contribution in [-0.4, -0.2) is 47.5 Å². The molecule has 0 bridgehead atoms. The van der Waals surface area contributed by atoms with Crippen molar-refractivity contribution in [2.24, 2.45) is 5.73 Å². The fraction of sp³-hybridized carbons (Fsp3) is 0.267. The van der Waals surface area contributed by atoms with Crippen molar-refractivity contribution in [2.45, 2.75) is 12.6 Å². The van der Waals surface area contributed by atoms with Crippen molar-refractivity contribution in [2.75, 3.05) is 13.7 Å². The molecule has 1 aromatic carbocycles. The number of nitrogens with two attached hydrogens (primary N) is 1. The first-order valence-corrected chi connectivity index (χ1v) is 6.87. The Morgan fingerprint density at radius 3 is 2.87 bits per heavy atom. The van der Waals surface area contributed by atoms with Crippen molar-refractivity contribution in [1.82, 2.24) is 10.2 Å². The highest BCUT2D eigenvalue weighted by atomic mass is 16.5. The van der Waals surface area contributed by atoms with Crippen LogP contribution in [-0.2, 0) is 20.9 Å². The summed E-state index contributed by atoms with van der Waals surface area (Å²) in [6.07, 6.45) is 1.44. The highest BCUT2D eigenvalue weighted by Gasteiger charge is 2.31. The van der Waals surface area contributed by atoms with Crippen LogP contribution in [0.5, 0.6) is 0 Å². The highest BCUT2D eigenvalue weighted by Crippen LogP contribution is 2.16. The number of carbonyl (C=O) groups excluding carboxylic acids is 2. The average molecular weight is 318 g/mol. The number of benzene rings is 1. The first-order valence-electron chi connectivity index (χ1n) is 6.87. The monoisotopic (exact) mass is 318 g/mol. The summed E-state index contributed by atoms with van der Waals surface area (Å²) in [7, 11) is 1.22. The molecule has 0 aromatic heterocycles. The third-order valence-electron chi connectivity index (χ3n) is 3.44. The van der Waals surface area contributed by atoms with E-state index in [9.17, 15) is 14.7 Å². The van der Waals surface area contributed by atoms with E-state index in [2.05, 4.69) is 10.1 Å². The molecule has 1 aliphatic heterocycles. The molecule has 0 saturated heterocycles. The van der Waals surface area contributed by atoms with Crippen LogP contribution in [0.15, 0.2) is 36.2 Å². The summed E-state index contributed by atoms with van der Waals surface area (Å²) in [6, 6.07) is 6.15. The molecule has 5 N–H and O–H groups in total. The number of methoxy groups -OCH3 is 1. The Labute approximate surface area is 133 Å². The van der Waals surface area contributed by atoms with Gasteiger partial charge in [-0.1, -0.05) is 18.2 Å². The van der Waals surface area contributed by atoms with E-state index in [4.69, 9.17) is 11.1 Å². The van der Waals surface area contributed by atoms with Crippen molar-refractivity contribution >= 4 is 17.7 Å². The average Bonchev–Trinajstić information content (AvgIpc) is 2.54. The lowest BCUT2D eigenvalue weighted by Crippen LogP contribution is -2.51. The smallest absolute Gasteiger partial charge is 0.356 e. The number of rotatable bonds is 5. The second kappa shape index (κ2) is 6.93. The molecule has 1 heterocycles. The van der Waals surface area contributed by atoms with Crippen LogP contribution in [0, 0.1) is 5.41 Å². The molecule has 1 atom stereocenters. The summed E-state index contributed by atoms with van der Waals surface area (Å²) in [4.78, 5) is 25.2. The number of esters is 1. The molecule has 0 spiro atoms. The number of ether oxygens (including phenoxy) is 1. The Balaban J connectivity index is 2.30. The molecule has 0 fully saturated rings. The molecule has 1 aromatic rings. The quantitative estimate of drug-likeness (QED) is 0.322. The molecule has 0 saturated carbocycles. The molecule has 0 aliphatic carbocycles. The summed E-state index contributed by atoms with van der Waals surface area (Å²) in [5, 5.41) is 19.3. The molecular formula is C15H18N4O4. The van der Waals surface area contributed by atoms with E-state index in [1.807, 2.05) is 0 Å². The van der Waals surface area contributed by atoms with Crippen molar-refractivity contribution < 1.29 is 19.4 Å². The maximum absolute atomic E-state index is 12.0. The van der Waals surface area contributed by atoms with Crippen LogP contribution in [0.2, 0.25) is 0 Å². The van der Waals surface area contributed by atoms with E-state index in [1.54, 1.807) is 29.2 Å². The molecule has 1 unspecified atom stereocenters. The number of aliphatic hydroxyl groups excluding tert-OH is 1. The Morgan fingerprint density at radius 2 is 2.26 bits per heavy atom. The SMILES string of the molecule is COC(=O)C1=CN(Cc2cccc(C(=N)N)c2)C(CO)C(=O)N1. The molecule has 1 aliphatic rings. The number of nitrogen functional groups attached to an aromatic ring is 1. The lowest BCUT2D eigenvalue weighted by Gasteiger charge is -2.33. The predicted octanol–water partition coefficient (Wildman–Crippen LogP) is -0.722. The fourth-order valence-electron chi connectivity index (χ4n) is 2.26. The minimum Gasteiger partial charge on any atom is -0.464 e. The molecular weight excluding hydrogens is 300 g/mol. The lowest BCUT2D eigenvalue weighted by atomic mass is 10.1. The summed E-state index contributed by atoms with van der Waals surface area (Å²) >= 11 is 0. The third-order valence-corrected chi connectivity index (χ3v) is 3.44. The number of hydrogen-bond acceptors (Lipinski definition) is 6. The Morgan fingerprint density at radius 1 is 1.52 bits per heavy atom. The van der Waals surface area contributed by atoms with Crippen molar-refractivity contribution in [3.8, 4) is 0 Å². The molecule has 0 radical (unpaired) electrons. The topological polar surface area (TPSA) is 129 Å². The van der Waals surface area contributed by atoms with Gasteiger partial charge in [0.1, 0.15) is 17.6 Å². The summed E-state index contributed by atoms with van der Waals surface area (Å²) in [5.74, 6) is -1.22. The van der Waals surface area contributed by atoms with E-state index in [0.717, 1.165) is 5.56 Å². The van der Waals surface area contributed by atoms with Gasteiger partial charge >= 0.3 is 5.97 Å². The number of carbonyl (C=O) groups is 2. The van der Waals surface area contributed by atoms with Crippen LogP contribution in [0.1, 0.15) is 11.1 Å². The van der Waals surface area contributed by atoms with Gasteiger partial charge in [0.05, 0.1) is 13.7 Å². The largest absolute Gasteiger partial charge is 0.464 e. The second-order valence-electron chi connectivity index (χ2n) is 5.01. The van der Waals surface area contributed by atoms with E-state index < -0.39 is 24.5 Å². The third kappa shape index (κ3) is 3.67. The molecule has 2 rings (SSSR count). The normalized spacial score (nSPS) is 17.3. The molecule has 8 nitrogen and oxygen atoms in total. The maximum atomic E-state index is 12.0. The standard InChI is InChI=1S/C15H18N4O4/c1-23-15(22)11-7-19(12(8-20)14(21)18-11)6-9-3-2-4-10(5-9)13(16)17/h2-5,7,12,20H,6,8H2,1H3,(H3,16,17)(H,18,21). The highest BCUT2D eigenvalue weighted by molar-refractivity contribution is 5.97. The number of nitrogens with zero attached hydrogens (tertiary/aromatic N) is 1. The van der Waals surface area contributed by atoms with Crippen LogP contribution in [0.25, 0.3) is 0 Å². The molecule has 23 heavy (non-hydrogen) atoms. The number of hydrogen-bond donors (Lipinski definition) is 4. The van der Waals surface area contributed by atoms with Gasteiger partial charge in [0.2, 0.25) is 5.91 Å². The summed E-state index contributed by atoms with van der Waals surface area (Å²) in [6.45, 7) is -0.135. The Bertz CT molecular complexity index is 671. The van der Waals surface area contributed by atoms with Crippen LogP contribution in [0.4, 0.5) is 0 Å². The fourth-order valence-corrected chi connectivity index (χ4v) is 2.26. The van der Waals surface area contributed by atoms with Gasteiger partial charge < -0.3 is 25.8 Å². The maximum Gasteiger partial charge on any atom is 0.356 e.